The highest BCUT2D eigenvalue weighted by atomic mass is 35.5. The van der Waals surface area contributed by atoms with Gasteiger partial charge in [0.1, 0.15) is 0 Å². The number of carboxylic acid groups (broad SMARTS) is 1. The maximum atomic E-state index is 10.7. The van der Waals surface area contributed by atoms with Crippen molar-refractivity contribution in [3.63, 3.8) is 0 Å². The topological polar surface area (TPSA) is 60.8 Å². The first-order valence-electron chi connectivity index (χ1n) is 9.46. The number of aliphatic hydroxyl groups is 1. The van der Waals surface area contributed by atoms with Crippen molar-refractivity contribution in [3.05, 3.63) is 47.5 Å². The number of aliphatic hydroxyl groups excluding tert-OH is 1. The zero-order chi connectivity index (χ0) is 18.5. The summed E-state index contributed by atoms with van der Waals surface area (Å²) in [6.07, 6.45) is 5.98. The van der Waals surface area contributed by atoms with Gasteiger partial charge in [0.05, 0.1) is 12.1 Å². The van der Waals surface area contributed by atoms with E-state index in [4.69, 9.17) is 5.11 Å². The second kappa shape index (κ2) is 9.94. The van der Waals surface area contributed by atoms with Gasteiger partial charge in [-0.2, -0.15) is 0 Å². The van der Waals surface area contributed by atoms with Crippen LogP contribution in [0.4, 0.5) is 0 Å². The normalized spacial score (nSPS) is 25.8. The molecule has 2 atom stereocenters. The van der Waals surface area contributed by atoms with Gasteiger partial charge in [0.15, 0.2) is 0 Å². The number of fused-ring (bicyclic) bond motifs is 3. The number of carboxylic acids is 1. The highest BCUT2D eigenvalue weighted by molar-refractivity contribution is 5.85. The van der Waals surface area contributed by atoms with Gasteiger partial charge in [-0.15, -0.1) is 19.0 Å². The summed E-state index contributed by atoms with van der Waals surface area (Å²) in [6.45, 7) is 5.89. The molecule has 5 heteroatoms. The van der Waals surface area contributed by atoms with E-state index in [1.165, 1.54) is 0 Å². The Kier molecular flexibility index (Phi) is 7.91. The van der Waals surface area contributed by atoms with Gasteiger partial charge in [-0.3, -0.25) is 9.69 Å². The van der Waals surface area contributed by atoms with Crippen LogP contribution in [-0.2, 0) is 17.6 Å². The lowest BCUT2D eigenvalue weighted by atomic mass is 9.81. The SMILES string of the molecule is C=CCc1cc(CCCC(=O)O)ccc1C#CC1C(O)C2CCN1CC2.Cl. The van der Waals surface area contributed by atoms with E-state index in [0.29, 0.717) is 12.3 Å². The minimum atomic E-state index is -0.755. The number of allylic oxidation sites excluding steroid dienone is 1. The second-order valence-electron chi connectivity index (χ2n) is 7.31. The van der Waals surface area contributed by atoms with Crippen molar-refractivity contribution in [2.45, 2.75) is 50.7 Å². The van der Waals surface area contributed by atoms with E-state index in [9.17, 15) is 9.90 Å². The standard InChI is InChI=1S/C22H27NO3.ClH/c1-2-4-19-15-16(5-3-6-21(24)25)7-8-17(19)9-10-20-22(26)18-11-13-23(20)14-12-18;/h2,7-8,15,18,20,22,26H,1,3-6,11-14H2,(H,24,25);1H. The molecule has 0 saturated carbocycles. The molecule has 2 N–H and O–H groups in total. The fraction of sp³-hybridized carbons (Fsp3) is 0.500. The smallest absolute Gasteiger partial charge is 0.303 e. The molecular formula is C22H28ClNO3. The molecule has 4 rings (SSSR count). The number of benzene rings is 1. The number of aliphatic carboxylic acids is 1. The van der Waals surface area contributed by atoms with E-state index in [0.717, 1.165) is 55.5 Å². The number of hydrogen-bond donors (Lipinski definition) is 2. The Labute approximate surface area is 167 Å². The third-order valence-electron chi connectivity index (χ3n) is 5.52. The fourth-order valence-corrected chi connectivity index (χ4v) is 4.03. The predicted octanol–water partition coefficient (Wildman–Crippen LogP) is 3.05. The van der Waals surface area contributed by atoms with Crippen LogP contribution in [0.25, 0.3) is 0 Å². The Bertz CT molecular complexity index is 727. The maximum absolute atomic E-state index is 10.7. The van der Waals surface area contributed by atoms with Crippen molar-refractivity contribution in [2.75, 3.05) is 13.1 Å². The lowest BCUT2D eigenvalue weighted by molar-refractivity contribution is -0.137. The monoisotopic (exact) mass is 389 g/mol. The number of rotatable bonds is 6. The summed E-state index contributed by atoms with van der Waals surface area (Å²) in [6, 6.07) is 6.10. The highest BCUT2D eigenvalue weighted by Crippen LogP contribution is 2.32. The molecule has 1 aromatic rings. The maximum Gasteiger partial charge on any atom is 0.303 e. The van der Waals surface area contributed by atoms with Gasteiger partial charge in [-0.25, -0.2) is 0 Å². The van der Waals surface area contributed by atoms with Crippen molar-refractivity contribution in [3.8, 4) is 11.8 Å². The molecule has 3 fully saturated rings. The van der Waals surface area contributed by atoms with Crippen molar-refractivity contribution < 1.29 is 15.0 Å². The fourth-order valence-electron chi connectivity index (χ4n) is 4.03. The minimum absolute atomic E-state index is 0. The molecule has 0 aromatic heterocycles. The predicted molar refractivity (Wildman–Crippen MR) is 109 cm³/mol. The lowest BCUT2D eigenvalue weighted by Crippen LogP contribution is -2.57. The molecular weight excluding hydrogens is 362 g/mol. The Balaban J connectivity index is 0.00000261. The molecule has 146 valence electrons. The summed E-state index contributed by atoms with van der Waals surface area (Å²) >= 11 is 0. The Morgan fingerprint density at radius 3 is 2.70 bits per heavy atom. The van der Waals surface area contributed by atoms with E-state index in [-0.39, 0.29) is 31.0 Å². The van der Waals surface area contributed by atoms with Crippen LogP contribution in [0.2, 0.25) is 0 Å². The first-order chi connectivity index (χ1) is 12.6. The summed E-state index contributed by atoms with van der Waals surface area (Å²) < 4.78 is 0. The van der Waals surface area contributed by atoms with Crippen molar-refractivity contribution in [1.29, 1.82) is 0 Å². The molecule has 1 aromatic carbocycles. The van der Waals surface area contributed by atoms with Gasteiger partial charge in [0.2, 0.25) is 0 Å². The molecule has 0 amide bonds. The number of halogens is 1. The van der Waals surface area contributed by atoms with Crippen molar-refractivity contribution >= 4 is 18.4 Å². The molecule has 3 aliphatic heterocycles. The van der Waals surface area contributed by atoms with Crippen molar-refractivity contribution in [2.24, 2.45) is 5.92 Å². The van der Waals surface area contributed by atoms with E-state index in [1.54, 1.807) is 0 Å². The summed E-state index contributed by atoms with van der Waals surface area (Å²) in [4.78, 5) is 13.0. The van der Waals surface area contributed by atoms with Crippen LogP contribution in [0, 0.1) is 17.8 Å². The molecule has 3 saturated heterocycles. The molecule has 0 aliphatic carbocycles. The van der Waals surface area contributed by atoms with Gasteiger partial charge in [-0.05, 0) is 68.3 Å². The molecule has 27 heavy (non-hydrogen) atoms. The minimum Gasteiger partial charge on any atom is -0.481 e. The van der Waals surface area contributed by atoms with E-state index < -0.39 is 5.97 Å². The Morgan fingerprint density at radius 1 is 1.33 bits per heavy atom. The van der Waals surface area contributed by atoms with Gasteiger partial charge in [-0.1, -0.05) is 30.0 Å². The molecule has 2 bridgehead atoms. The largest absolute Gasteiger partial charge is 0.481 e. The van der Waals surface area contributed by atoms with Crippen LogP contribution < -0.4 is 0 Å². The molecule has 3 heterocycles. The van der Waals surface area contributed by atoms with Gasteiger partial charge in [0, 0.05) is 12.0 Å². The Morgan fingerprint density at radius 2 is 2.07 bits per heavy atom. The quantitative estimate of drug-likeness (QED) is 0.580. The van der Waals surface area contributed by atoms with E-state index in [1.807, 2.05) is 18.2 Å². The third-order valence-corrected chi connectivity index (χ3v) is 5.52. The van der Waals surface area contributed by atoms with E-state index >= 15 is 0 Å². The van der Waals surface area contributed by atoms with Crippen molar-refractivity contribution in [1.82, 2.24) is 4.90 Å². The third kappa shape index (κ3) is 5.35. The summed E-state index contributed by atoms with van der Waals surface area (Å²) in [5.41, 5.74) is 3.22. The number of piperidine rings is 3. The molecule has 3 aliphatic rings. The number of hydrogen-bond acceptors (Lipinski definition) is 3. The summed E-state index contributed by atoms with van der Waals surface area (Å²) in [7, 11) is 0. The van der Waals surface area contributed by atoms with Gasteiger partial charge in [0.25, 0.3) is 0 Å². The number of aryl methyl sites for hydroxylation is 1. The highest BCUT2D eigenvalue weighted by Gasteiger charge is 2.40. The summed E-state index contributed by atoms with van der Waals surface area (Å²) in [5.74, 6) is 6.24. The first-order valence-corrected chi connectivity index (χ1v) is 9.46. The van der Waals surface area contributed by atoms with Gasteiger partial charge >= 0.3 is 5.97 Å². The number of carbonyl (C=O) groups is 1. The average Bonchev–Trinajstić information content (AvgIpc) is 2.63. The number of nitrogens with zero attached hydrogens (tertiary/aromatic N) is 1. The van der Waals surface area contributed by atoms with Crippen LogP contribution in [0.3, 0.4) is 0 Å². The van der Waals surface area contributed by atoms with Crippen LogP contribution in [0.1, 0.15) is 42.4 Å². The molecule has 0 radical (unpaired) electrons. The van der Waals surface area contributed by atoms with Gasteiger partial charge < -0.3 is 10.2 Å². The second-order valence-corrected chi connectivity index (χ2v) is 7.31. The first kappa shape index (κ1) is 21.5. The molecule has 0 spiro atoms. The van der Waals surface area contributed by atoms with Crippen LogP contribution >= 0.6 is 12.4 Å². The molecule has 4 nitrogen and oxygen atoms in total. The van der Waals surface area contributed by atoms with Crippen LogP contribution in [0.15, 0.2) is 30.9 Å². The lowest BCUT2D eigenvalue weighted by Gasteiger charge is -2.46. The van der Waals surface area contributed by atoms with Crippen LogP contribution in [-0.4, -0.2) is 46.3 Å². The molecule has 2 unspecified atom stereocenters. The average molecular weight is 390 g/mol. The summed E-state index contributed by atoms with van der Waals surface area (Å²) in [5, 5.41) is 19.3. The Hall–Kier alpha value is -1.80. The zero-order valence-electron chi connectivity index (χ0n) is 15.6. The van der Waals surface area contributed by atoms with E-state index in [2.05, 4.69) is 29.4 Å². The zero-order valence-corrected chi connectivity index (χ0v) is 16.4. The van der Waals surface area contributed by atoms with Crippen LogP contribution in [0.5, 0.6) is 0 Å².